The summed E-state index contributed by atoms with van der Waals surface area (Å²) in [5, 5.41) is 4.09. The van der Waals surface area contributed by atoms with Gasteiger partial charge in [-0.3, -0.25) is 9.59 Å². The van der Waals surface area contributed by atoms with Gasteiger partial charge in [0.2, 0.25) is 5.91 Å². The number of amides is 2. The van der Waals surface area contributed by atoms with Crippen LogP contribution in [0.3, 0.4) is 0 Å². The molecule has 0 bridgehead atoms. The molecule has 2 amide bonds. The molecule has 0 radical (unpaired) electrons. The van der Waals surface area contributed by atoms with Crippen molar-refractivity contribution in [1.82, 2.24) is 10.2 Å². The minimum atomic E-state index is -0.720. The number of carbonyl (C=O) groups excluding carboxylic acids is 2. The molecule has 7 heteroatoms. The van der Waals surface area contributed by atoms with Crippen molar-refractivity contribution < 1.29 is 14.3 Å². The third-order valence-electron chi connectivity index (χ3n) is 7.25. The number of nitrogens with zero attached hydrogens (tertiary/aromatic N) is 1. The molecule has 1 aliphatic carbocycles. The van der Waals surface area contributed by atoms with E-state index in [0.29, 0.717) is 22.2 Å². The predicted octanol–water partition coefficient (Wildman–Crippen LogP) is 7.02. The van der Waals surface area contributed by atoms with Gasteiger partial charge in [0.15, 0.2) is 6.61 Å². The third kappa shape index (κ3) is 8.48. The van der Waals surface area contributed by atoms with Crippen LogP contribution < -0.4 is 10.1 Å². The van der Waals surface area contributed by atoms with E-state index >= 15 is 0 Å². The van der Waals surface area contributed by atoms with Crippen LogP contribution in [0.5, 0.6) is 5.75 Å². The molecule has 1 fully saturated rings. The molecule has 1 N–H and O–H groups in total. The van der Waals surface area contributed by atoms with Crippen molar-refractivity contribution >= 4 is 35.0 Å². The maximum atomic E-state index is 13.8. The van der Waals surface area contributed by atoms with Crippen molar-refractivity contribution in [3.63, 3.8) is 0 Å². The van der Waals surface area contributed by atoms with Crippen LogP contribution in [0, 0.1) is 0 Å². The summed E-state index contributed by atoms with van der Waals surface area (Å²) < 4.78 is 5.89. The SMILES string of the molecule is CCc1ccc(OCC(=O)N(Cc2ccc(Cl)c(Cl)c2)[C@@H](Cc2ccccc2)C(=O)NC2CCCCC2)cc1. The average Bonchev–Trinajstić information content (AvgIpc) is 2.96. The first kappa shape index (κ1) is 29.0. The van der Waals surface area contributed by atoms with E-state index in [1.54, 1.807) is 17.0 Å². The Labute approximate surface area is 241 Å². The van der Waals surface area contributed by atoms with E-state index in [9.17, 15) is 9.59 Å². The molecular formula is C32H36Cl2N2O3. The minimum absolute atomic E-state index is 0.125. The molecule has 39 heavy (non-hydrogen) atoms. The Morgan fingerprint density at radius 2 is 1.59 bits per heavy atom. The molecule has 206 valence electrons. The largest absolute Gasteiger partial charge is 0.484 e. The Kier molecular flexibility index (Phi) is 10.7. The van der Waals surface area contributed by atoms with Crippen LogP contribution in [0.25, 0.3) is 0 Å². The number of hydrogen-bond acceptors (Lipinski definition) is 3. The molecule has 0 aliphatic heterocycles. The van der Waals surface area contributed by atoms with Crippen LogP contribution >= 0.6 is 23.2 Å². The first-order valence-corrected chi connectivity index (χ1v) is 14.5. The van der Waals surface area contributed by atoms with Gasteiger partial charge in [-0.15, -0.1) is 0 Å². The zero-order valence-corrected chi connectivity index (χ0v) is 23.9. The Hall–Kier alpha value is -3.02. The number of carbonyl (C=O) groups is 2. The van der Waals surface area contributed by atoms with Crippen LogP contribution in [0.1, 0.15) is 55.7 Å². The fourth-order valence-electron chi connectivity index (χ4n) is 4.98. The molecule has 5 nitrogen and oxygen atoms in total. The number of benzene rings is 3. The molecule has 0 spiro atoms. The smallest absolute Gasteiger partial charge is 0.261 e. The van der Waals surface area contributed by atoms with E-state index in [-0.39, 0.29) is 31.0 Å². The number of ether oxygens (including phenoxy) is 1. The van der Waals surface area contributed by atoms with Crippen molar-refractivity contribution in [2.75, 3.05) is 6.61 Å². The van der Waals surface area contributed by atoms with Gasteiger partial charge in [0.1, 0.15) is 11.8 Å². The maximum absolute atomic E-state index is 13.8. The van der Waals surface area contributed by atoms with Crippen LogP contribution in [-0.2, 0) is 29.0 Å². The van der Waals surface area contributed by atoms with Crippen LogP contribution in [0.15, 0.2) is 72.8 Å². The molecule has 0 unspecified atom stereocenters. The van der Waals surface area contributed by atoms with Gasteiger partial charge in [-0.2, -0.15) is 0 Å². The molecule has 1 aliphatic rings. The van der Waals surface area contributed by atoms with Crippen LogP contribution in [-0.4, -0.2) is 35.4 Å². The summed E-state index contributed by atoms with van der Waals surface area (Å²) in [6, 6.07) is 22.2. The Balaban J connectivity index is 1.61. The second kappa shape index (κ2) is 14.4. The molecule has 4 rings (SSSR count). The number of hydrogen-bond donors (Lipinski definition) is 1. The summed E-state index contributed by atoms with van der Waals surface area (Å²) in [4.78, 5) is 29.2. The summed E-state index contributed by atoms with van der Waals surface area (Å²) in [6.07, 6.45) is 6.63. The highest BCUT2D eigenvalue weighted by atomic mass is 35.5. The predicted molar refractivity (Wildman–Crippen MR) is 157 cm³/mol. The number of halogens is 2. The molecule has 0 heterocycles. The summed E-state index contributed by atoms with van der Waals surface area (Å²) in [5.74, 6) is 0.188. The lowest BCUT2D eigenvalue weighted by atomic mass is 9.94. The molecule has 3 aromatic rings. The van der Waals surface area contributed by atoms with Crippen molar-refractivity contribution in [1.29, 1.82) is 0 Å². The lowest BCUT2D eigenvalue weighted by Gasteiger charge is -2.33. The Bertz CT molecular complexity index is 1230. The van der Waals surface area contributed by atoms with Gasteiger partial charge in [-0.1, -0.05) is 97.9 Å². The maximum Gasteiger partial charge on any atom is 0.261 e. The summed E-state index contributed by atoms with van der Waals surface area (Å²) in [5.41, 5.74) is 2.95. The number of nitrogens with one attached hydrogen (secondary N) is 1. The Morgan fingerprint density at radius 3 is 2.26 bits per heavy atom. The van der Waals surface area contributed by atoms with E-state index in [1.165, 1.54) is 12.0 Å². The summed E-state index contributed by atoms with van der Waals surface area (Å²) in [6.45, 7) is 2.10. The molecule has 1 saturated carbocycles. The minimum Gasteiger partial charge on any atom is -0.484 e. The zero-order chi connectivity index (χ0) is 27.6. The lowest BCUT2D eigenvalue weighted by Crippen LogP contribution is -2.53. The lowest BCUT2D eigenvalue weighted by molar-refractivity contribution is -0.143. The van der Waals surface area contributed by atoms with E-state index in [4.69, 9.17) is 27.9 Å². The van der Waals surface area contributed by atoms with Gasteiger partial charge in [0.25, 0.3) is 5.91 Å². The first-order chi connectivity index (χ1) is 18.9. The van der Waals surface area contributed by atoms with Gasteiger partial charge in [-0.05, 0) is 60.2 Å². The highest BCUT2D eigenvalue weighted by Crippen LogP contribution is 2.25. The quantitative estimate of drug-likeness (QED) is 0.271. The van der Waals surface area contributed by atoms with Gasteiger partial charge >= 0.3 is 0 Å². The fraction of sp³-hybridized carbons (Fsp3) is 0.375. The topological polar surface area (TPSA) is 58.6 Å². The molecule has 0 aromatic heterocycles. The van der Waals surface area contributed by atoms with E-state index in [1.807, 2.05) is 60.7 Å². The van der Waals surface area contributed by atoms with Gasteiger partial charge < -0.3 is 15.0 Å². The summed E-state index contributed by atoms with van der Waals surface area (Å²) in [7, 11) is 0. The van der Waals surface area contributed by atoms with Gasteiger partial charge in [-0.25, -0.2) is 0 Å². The second-order valence-corrected chi connectivity index (χ2v) is 10.9. The van der Waals surface area contributed by atoms with Gasteiger partial charge in [0.05, 0.1) is 10.0 Å². The average molecular weight is 568 g/mol. The number of rotatable bonds is 11. The first-order valence-electron chi connectivity index (χ1n) is 13.7. The molecule has 3 aromatic carbocycles. The highest BCUT2D eigenvalue weighted by molar-refractivity contribution is 6.42. The third-order valence-corrected chi connectivity index (χ3v) is 7.99. The normalized spacial score (nSPS) is 14.4. The van der Waals surface area contributed by atoms with Crippen molar-refractivity contribution in [3.8, 4) is 5.75 Å². The second-order valence-electron chi connectivity index (χ2n) is 10.1. The Morgan fingerprint density at radius 1 is 0.897 bits per heavy atom. The summed E-state index contributed by atoms with van der Waals surface area (Å²) >= 11 is 12.5. The molecule has 1 atom stereocenters. The van der Waals surface area contributed by atoms with E-state index in [2.05, 4.69) is 12.2 Å². The van der Waals surface area contributed by atoms with Crippen molar-refractivity contribution in [2.24, 2.45) is 0 Å². The number of aryl methyl sites for hydroxylation is 1. The van der Waals surface area contributed by atoms with Crippen molar-refractivity contribution in [2.45, 2.75) is 70.5 Å². The zero-order valence-electron chi connectivity index (χ0n) is 22.4. The fourth-order valence-corrected chi connectivity index (χ4v) is 5.30. The van der Waals surface area contributed by atoms with E-state index < -0.39 is 6.04 Å². The highest BCUT2D eigenvalue weighted by Gasteiger charge is 2.32. The van der Waals surface area contributed by atoms with Gasteiger partial charge in [0, 0.05) is 19.0 Å². The standard InChI is InChI=1S/C32H36Cl2N2O3/c1-2-23-13-16-27(17-14-23)39-22-31(37)36(21-25-15-18-28(33)29(34)19-25)30(20-24-9-5-3-6-10-24)32(38)35-26-11-7-4-8-12-26/h3,5-6,9-10,13-19,26,30H,2,4,7-8,11-12,20-22H2,1H3,(H,35,38)/t30-/m0/s1. The molecule has 0 saturated heterocycles. The monoisotopic (exact) mass is 566 g/mol. The molecular weight excluding hydrogens is 531 g/mol. The van der Waals surface area contributed by atoms with Crippen LogP contribution in [0.2, 0.25) is 10.0 Å². The van der Waals surface area contributed by atoms with Crippen LogP contribution in [0.4, 0.5) is 0 Å². The van der Waals surface area contributed by atoms with Crippen molar-refractivity contribution in [3.05, 3.63) is 99.5 Å². The van der Waals surface area contributed by atoms with E-state index in [0.717, 1.165) is 43.2 Å².